The number of hydrogen-bond donors (Lipinski definition) is 0. The maximum atomic E-state index is 12.0. The zero-order valence-electron chi connectivity index (χ0n) is 27.0. The van der Waals surface area contributed by atoms with Crippen LogP contribution in [0.25, 0.3) is 32.9 Å². The number of hydrogen-bond acceptors (Lipinski definition) is 8. The van der Waals surface area contributed by atoms with Crippen LogP contribution in [0.2, 0.25) is 0 Å². The van der Waals surface area contributed by atoms with Crippen LogP contribution in [-0.2, 0) is 16.5 Å². The molecule has 1 aliphatic heterocycles. The molecule has 1 aliphatic carbocycles. The normalized spacial score (nSPS) is 17.8. The van der Waals surface area contributed by atoms with Gasteiger partial charge in [-0.15, -0.1) is 0 Å². The van der Waals surface area contributed by atoms with Gasteiger partial charge in [-0.25, -0.2) is 14.8 Å². The number of amides is 1. The molecule has 0 N–H and O–H groups in total. The predicted octanol–water partition coefficient (Wildman–Crippen LogP) is 6.16. The topological polar surface area (TPSA) is 101 Å². The van der Waals surface area contributed by atoms with E-state index in [4.69, 9.17) is 18.9 Å². The van der Waals surface area contributed by atoms with Gasteiger partial charge in [-0.1, -0.05) is 18.1 Å². The molecule has 1 saturated carbocycles. The smallest absolute Gasteiger partial charge is 0.410 e. The van der Waals surface area contributed by atoms with Gasteiger partial charge in [0.25, 0.3) is 0 Å². The molecule has 0 unspecified atom stereocenters. The second-order valence-electron chi connectivity index (χ2n) is 13.0. The van der Waals surface area contributed by atoms with Crippen molar-refractivity contribution in [3.63, 3.8) is 0 Å². The number of pyridine rings is 3. The van der Waals surface area contributed by atoms with Crippen LogP contribution >= 0.6 is 0 Å². The van der Waals surface area contributed by atoms with E-state index in [9.17, 15) is 4.79 Å². The summed E-state index contributed by atoms with van der Waals surface area (Å²) in [4.78, 5) is 26.9. The summed E-state index contributed by atoms with van der Waals surface area (Å²) in [7, 11) is 2.08. The molecular weight excluding hydrogens is 594 g/mol. The summed E-state index contributed by atoms with van der Waals surface area (Å²) >= 11 is 0. The van der Waals surface area contributed by atoms with Crippen molar-refractivity contribution in [1.82, 2.24) is 24.4 Å². The fraction of sp³-hybridized carbons (Fsp3) is 0.351. The lowest BCUT2D eigenvalue weighted by Gasteiger charge is -2.39. The summed E-state index contributed by atoms with van der Waals surface area (Å²) in [5, 5.41) is 2.35. The Morgan fingerprint density at radius 1 is 0.872 bits per heavy atom. The summed E-state index contributed by atoms with van der Waals surface area (Å²) in [6, 6.07) is 16.2. The minimum absolute atomic E-state index is 0.0268. The number of aryl methyl sites for hydroxylation is 1. The van der Waals surface area contributed by atoms with Crippen molar-refractivity contribution in [1.29, 1.82) is 0 Å². The first kappa shape index (κ1) is 30.5. The number of fused-ring (bicyclic) bond motifs is 3. The number of carbonyl (C=O) groups excluding carboxylic acids is 1. The summed E-state index contributed by atoms with van der Waals surface area (Å²) in [6.07, 6.45) is 8.65. The zero-order valence-corrected chi connectivity index (χ0v) is 27.0. The van der Waals surface area contributed by atoms with Crippen LogP contribution in [0, 0.1) is 11.8 Å². The molecule has 0 radical (unpaired) electrons. The lowest BCUT2D eigenvalue weighted by Crippen LogP contribution is -2.55. The van der Waals surface area contributed by atoms with E-state index in [1.54, 1.807) is 11.1 Å². The van der Waals surface area contributed by atoms with Crippen LogP contribution < -0.4 is 9.47 Å². The van der Waals surface area contributed by atoms with E-state index >= 15 is 0 Å². The Bertz CT molecular complexity index is 1960. The third-order valence-electron chi connectivity index (χ3n) is 8.36. The van der Waals surface area contributed by atoms with Gasteiger partial charge in [0, 0.05) is 66.4 Å². The number of aromatic nitrogens is 4. The quantitative estimate of drug-likeness (QED) is 0.197. The molecule has 1 amide bonds. The first-order valence-corrected chi connectivity index (χ1v) is 15.8. The van der Waals surface area contributed by atoms with Crippen LogP contribution in [0.15, 0.2) is 73.3 Å². The van der Waals surface area contributed by atoms with Gasteiger partial charge in [-0.2, -0.15) is 0 Å². The van der Waals surface area contributed by atoms with E-state index in [0.717, 1.165) is 40.4 Å². The maximum absolute atomic E-state index is 12.0. The summed E-state index contributed by atoms with van der Waals surface area (Å²) in [6.45, 7) is 6.85. The fourth-order valence-electron chi connectivity index (χ4n) is 5.76. The Morgan fingerprint density at radius 2 is 1.68 bits per heavy atom. The molecule has 0 atom stereocenters. The molecule has 240 valence electrons. The lowest BCUT2D eigenvalue weighted by molar-refractivity contribution is -0.0545. The Hall–Kier alpha value is -5.14. The molecular formula is C37H37N5O5. The fourth-order valence-corrected chi connectivity index (χ4v) is 5.76. The van der Waals surface area contributed by atoms with E-state index in [-0.39, 0.29) is 31.0 Å². The van der Waals surface area contributed by atoms with Crippen LogP contribution in [-0.4, -0.2) is 74.1 Å². The van der Waals surface area contributed by atoms with Gasteiger partial charge < -0.3 is 28.4 Å². The Labute approximate surface area is 273 Å². The largest absolute Gasteiger partial charge is 0.489 e. The molecule has 10 heteroatoms. The van der Waals surface area contributed by atoms with Gasteiger partial charge in [0.2, 0.25) is 5.88 Å². The van der Waals surface area contributed by atoms with Crippen molar-refractivity contribution >= 4 is 27.9 Å². The SMILES string of the molecule is Cn1c2ccncc2c2ccc(-c3ccc(OC4CC(Oc5ccc(C#CCOC6CN(C(=O)OC(C)(C)C)C6)nc5)C4)nc3)cc21. The molecule has 4 aromatic heterocycles. The Kier molecular flexibility index (Phi) is 8.16. The van der Waals surface area contributed by atoms with Crippen molar-refractivity contribution < 1.29 is 23.7 Å². The molecule has 0 bridgehead atoms. The van der Waals surface area contributed by atoms with E-state index in [2.05, 4.69) is 62.7 Å². The van der Waals surface area contributed by atoms with E-state index in [0.29, 0.717) is 30.4 Å². The molecule has 10 nitrogen and oxygen atoms in total. The van der Waals surface area contributed by atoms with Crippen molar-refractivity contribution in [3.8, 4) is 34.6 Å². The second-order valence-corrected chi connectivity index (χ2v) is 13.0. The Balaban J connectivity index is 0.836. The van der Waals surface area contributed by atoms with Crippen LogP contribution in [0.5, 0.6) is 11.6 Å². The Morgan fingerprint density at radius 3 is 2.43 bits per heavy atom. The second kappa shape index (κ2) is 12.6. The van der Waals surface area contributed by atoms with Gasteiger partial charge in [0.15, 0.2) is 0 Å². The summed E-state index contributed by atoms with van der Waals surface area (Å²) in [5.74, 6) is 7.31. The van der Waals surface area contributed by atoms with Crippen molar-refractivity contribution in [2.45, 2.75) is 57.5 Å². The lowest BCUT2D eigenvalue weighted by atomic mass is 9.92. The highest BCUT2D eigenvalue weighted by Gasteiger charge is 2.34. The highest BCUT2D eigenvalue weighted by atomic mass is 16.6. The summed E-state index contributed by atoms with van der Waals surface area (Å²) < 4.78 is 25.5. The minimum Gasteiger partial charge on any atom is -0.489 e. The number of rotatable bonds is 7. The van der Waals surface area contributed by atoms with Crippen molar-refractivity contribution in [3.05, 3.63) is 79.0 Å². The zero-order chi connectivity index (χ0) is 32.5. The molecule has 1 aromatic carbocycles. The molecule has 0 spiro atoms. The third kappa shape index (κ3) is 6.86. The molecule has 2 fully saturated rings. The number of benzene rings is 1. The standard InChI is InChI=1S/C37H37N5O5/c1-37(2,3)47-36(43)42-22-30(23-42)44-15-5-6-26-9-10-27(20-39-26)45-28-17-29(18-28)46-35-12-8-25(19-40-35)24-7-11-31-32-21-38-14-13-33(32)41(4)34(31)16-24/h7-14,16,19-21,28-30H,15,17-18,22-23H2,1-4H3. The van der Waals surface area contributed by atoms with Crippen molar-refractivity contribution in [2.75, 3.05) is 19.7 Å². The predicted molar refractivity (Wildman–Crippen MR) is 178 cm³/mol. The highest BCUT2D eigenvalue weighted by molar-refractivity contribution is 6.08. The van der Waals surface area contributed by atoms with Crippen LogP contribution in [0.4, 0.5) is 4.79 Å². The van der Waals surface area contributed by atoms with Gasteiger partial charge >= 0.3 is 6.09 Å². The molecule has 7 rings (SSSR count). The summed E-state index contributed by atoms with van der Waals surface area (Å²) in [5.41, 5.74) is 4.61. The average molecular weight is 632 g/mol. The van der Waals surface area contributed by atoms with Crippen LogP contribution in [0.3, 0.4) is 0 Å². The van der Waals surface area contributed by atoms with E-state index in [1.165, 1.54) is 5.39 Å². The number of nitrogens with zero attached hydrogens (tertiary/aromatic N) is 5. The molecule has 1 saturated heterocycles. The van der Waals surface area contributed by atoms with Crippen molar-refractivity contribution in [2.24, 2.45) is 7.05 Å². The minimum atomic E-state index is -0.502. The average Bonchev–Trinajstić information content (AvgIpc) is 3.30. The van der Waals surface area contributed by atoms with Gasteiger partial charge in [-0.3, -0.25) is 4.98 Å². The molecule has 47 heavy (non-hydrogen) atoms. The number of carbonyl (C=O) groups is 1. The third-order valence-corrected chi connectivity index (χ3v) is 8.36. The van der Waals surface area contributed by atoms with Crippen LogP contribution in [0.1, 0.15) is 39.3 Å². The number of likely N-dealkylation sites (tertiary alicyclic amines) is 1. The molecule has 5 aromatic rings. The number of ether oxygens (including phenoxy) is 4. The maximum Gasteiger partial charge on any atom is 0.410 e. The highest BCUT2D eigenvalue weighted by Crippen LogP contribution is 2.33. The van der Waals surface area contributed by atoms with Gasteiger partial charge in [0.05, 0.1) is 30.9 Å². The monoisotopic (exact) mass is 631 g/mol. The first-order valence-electron chi connectivity index (χ1n) is 15.8. The van der Waals surface area contributed by atoms with E-state index in [1.807, 2.05) is 63.6 Å². The van der Waals surface area contributed by atoms with Gasteiger partial charge in [0.1, 0.15) is 35.9 Å². The first-order chi connectivity index (χ1) is 22.7. The van der Waals surface area contributed by atoms with E-state index < -0.39 is 5.60 Å². The molecule has 2 aliphatic rings. The molecule has 5 heterocycles. The van der Waals surface area contributed by atoms with Gasteiger partial charge in [-0.05, 0) is 62.6 Å².